The summed E-state index contributed by atoms with van der Waals surface area (Å²) in [6.07, 6.45) is 1.60. The molecule has 2 aromatic rings. The molecule has 1 fully saturated rings. The van der Waals surface area contributed by atoms with Gasteiger partial charge in [0.1, 0.15) is 17.3 Å². The van der Waals surface area contributed by atoms with Gasteiger partial charge in [-0.3, -0.25) is 4.79 Å². The second-order valence-corrected chi connectivity index (χ2v) is 6.07. The van der Waals surface area contributed by atoms with Gasteiger partial charge in [0, 0.05) is 31.9 Å². The molecule has 8 heteroatoms. The second kappa shape index (κ2) is 8.70. The molecule has 0 saturated carbocycles. The van der Waals surface area contributed by atoms with Crippen LogP contribution in [-0.4, -0.2) is 57.5 Å². The smallest absolute Gasteiger partial charge is 0.259 e. The number of nitrogens with two attached hydrogens (primary N) is 1. The number of morpholine rings is 1. The fourth-order valence-electron chi connectivity index (χ4n) is 2.97. The van der Waals surface area contributed by atoms with Crippen LogP contribution in [0.25, 0.3) is 0 Å². The van der Waals surface area contributed by atoms with E-state index in [2.05, 4.69) is 10.3 Å². The van der Waals surface area contributed by atoms with E-state index >= 15 is 0 Å². The maximum absolute atomic E-state index is 12.9. The first-order valence-corrected chi connectivity index (χ1v) is 8.71. The molecule has 8 nitrogen and oxygen atoms in total. The molecule has 1 aliphatic rings. The summed E-state index contributed by atoms with van der Waals surface area (Å²) in [5, 5.41) is 2.89. The van der Waals surface area contributed by atoms with Crippen molar-refractivity contribution in [3.05, 3.63) is 42.1 Å². The number of carbonyl (C=O) groups is 1. The minimum atomic E-state index is -0.266. The van der Waals surface area contributed by atoms with Crippen molar-refractivity contribution in [2.75, 3.05) is 50.7 Å². The van der Waals surface area contributed by atoms with Crippen LogP contribution in [0, 0.1) is 0 Å². The molecule has 1 atom stereocenters. The molecule has 1 amide bonds. The van der Waals surface area contributed by atoms with Gasteiger partial charge in [-0.1, -0.05) is 0 Å². The highest BCUT2D eigenvalue weighted by molar-refractivity contribution is 6.08. The van der Waals surface area contributed by atoms with Crippen LogP contribution >= 0.6 is 0 Å². The van der Waals surface area contributed by atoms with Crippen molar-refractivity contribution in [2.45, 2.75) is 6.10 Å². The fraction of sp³-hybridized carbons (Fsp3) is 0.368. The minimum Gasteiger partial charge on any atom is -0.497 e. The molecule has 3 N–H and O–H groups in total. The number of hydrogen-bond acceptors (Lipinski definition) is 7. The third-order valence-electron chi connectivity index (χ3n) is 4.39. The van der Waals surface area contributed by atoms with Crippen LogP contribution < -0.4 is 25.4 Å². The van der Waals surface area contributed by atoms with E-state index in [9.17, 15) is 4.79 Å². The summed E-state index contributed by atoms with van der Waals surface area (Å²) in [6.45, 7) is 2.22. The van der Waals surface area contributed by atoms with Gasteiger partial charge in [0.15, 0.2) is 0 Å². The molecular weight excluding hydrogens is 348 g/mol. The topological polar surface area (TPSA) is 98.9 Å². The summed E-state index contributed by atoms with van der Waals surface area (Å²) in [5.41, 5.74) is 6.76. The number of amides is 1. The molecule has 0 spiro atoms. The lowest BCUT2D eigenvalue weighted by molar-refractivity contribution is 0.0462. The monoisotopic (exact) mass is 372 g/mol. The lowest BCUT2D eigenvalue weighted by atomic mass is 10.2. The van der Waals surface area contributed by atoms with Crippen LogP contribution in [0.15, 0.2) is 36.5 Å². The third-order valence-corrected chi connectivity index (χ3v) is 4.39. The van der Waals surface area contributed by atoms with E-state index in [0.717, 1.165) is 0 Å². The third kappa shape index (κ3) is 4.29. The van der Waals surface area contributed by atoms with Gasteiger partial charge >= 0.3 is 0 Å². The van der Waals surface area contributed by atoms with Crippen molar-refractivity contribution in [2.24, 2.45) is 5.73 Å². The molecule has 3 rings (SSSR count). The van der Waals surface area contributed by atoms with Gasteiger partial charge in [0.25, 0.3) is 5.91 Å². The molecule has 144 valence electrons. The Bertz CT molecular complexity index is 799. The number of nitrogens with zero attached hydrogens (tertiary/aromatic N) is 2. The largest absolute Gasteiger partial charge is 0.497 e. The number of carbonyl (C=O) groups excluding carboxylic acids is 1. The van der Waals surface area contributed by atoms with Gasteiger partial charge < -0.3 is 30.2 Å². The summed E-state index contributed by atoms with van der Waals surface area (Å²) in [4.78, 5) is 19.4. The first-order valence-electron chi connectivity index (χ1n) is 8.71. The fourth-order valence-corrected chi connectivity index (χ4v) is 2.97. The number of aromatic nitrogens is 1. The Labute approximate surface area is 158 Å². The maximum Gasteiger partial charge on any atom is 0.259 e. The van der Waals surface area contributed by atoms with Crippen LogP contribution in [0.1, 0.15) is 10.4 Å². The number of anilines is 2. The quantitative estimate of drug-likeness (QED) is 0.793. The van der Waals surface area contributed by atoms with Crippen molar-refractivity contribution in [3.63, 3.8) is 0 Å². The zero-order valence-electron chi connectivity index (χ0n) is 15.5. The lowest BCUT2D eigenvalue weighted by Crippen LogP contribution is -2.46. The van der Waals surface area contributed by atoms with Crippen LogP contribution in [0.2, 0.25) is 0 Å². The average molecular weight is 372 g/mol. The number of methoxy groups -OCH3 is 2. The Morgan fingerprint density at radius 3 is 2.96 bits per heavy atom. The van der Waals surface area contributed by atoms with E-state index in [1.54, 1.807) is 50.7 Å². The zero-order chi connectivity index (χ0) is 19.2. The molecule has 0 aliphatic carbocycles. The Morgan fingerprint density at radius 2 is 2.22 bits per heavy atom. The summed E-state index contributed by atoms with van der Waals surface area (Å²) >= 11 is 0. The van der Waals surface area contributed by atoms with Crippen LogP contribution in [0.4, 0.5) is 11.5 Å². The number of rotatable bonds is 6. The van der Waals surface area contributed by atoms with E-state index < -0.39 is 0 Å². The second-order valence-electron chi connectivity index (χ2n) is 6.07. The van der Waals surface area contributed by atoms with E-state index in [1.165, 1.54) is 0 Å². The lowest BCUT2D eigenvalue weighted by Gasteiger charge is -2.34. The van der Waals surface area contributed by atoms with Crippen LogP contribution in [-0.2, 0) is 4.74 Å². The number of nitrogens with one attached hydrogen (secondary N) is 1. The molecule has 1 aromatic carbocycles. The molecule has 1 aromatic heterocycles. The molecule has 1 aliphatic heterocycles. The van der Waals surface area contributed by atoms with E-state index in [1.807, 2.05) is 4.90 Å². The number of hydrogen-bond donors (Lipinski definition) is 2. The van der Waals surface area contributed by atoms with Crippen molar-refractivity contribution in [3.8, 4) is 11.5 Å². The van der Waals surface area contributed by atoms with Gasteiger partial charge in [0.2, 0.25) is 0 Å². The molecule has 1 unspecified atom stereocenters. The van der Waals surface area contributed by atoms with E-state index in [-0.39, 0.29) is 12.0 Å². The van der Waals surface area contributed by atoms with Gasteiger partial charge in [0.05, 0.1) is 38.2 Å². The Balaban J connectivity index is 1.84. The molecule has 1 saturated heterocycles. The van der Waals surface area contributed by atoms with E-state index in [4.69, 9.17) is 19.9 Å². The highest BCUT2D eigenvalue weighted by Gasteiger charge is 2.24. The summed E-state index contributed by atoms with van der Waals surface area (Å²) in [5.74, 6) is 1.51. The highest BCUT2D eigenvalue weighted by atomic mass is 16.5. The first kappa shape index (κ1) is 18.9. The Morgan fingerprint density at radius 1 is 1.37 bits per heavy atom. The first-order chi connectivity index (χ1) is 13.2. The summed E-state index contributed by atoms with van der Waals surface area (Å²) in [7, 11) is 3.12. The SMILES string of the molecule is COc1ccc(NC(=O)c2cccnc2N2CCOC(CN)C2)c(OC)c1. The molecule has 0 bridgehead atoms. The molecule has 27 heavy (non-hydrogen) atoms. The Kier molecular flexibility index (Phi) is 6.10. The minimum absolute atomic E-state index is 0.0710. The normalized spacial score (nSPS) is 16.7. The Hall–Kier alpha value is -2.84. The van der Waals surface area contributed by atoms with Crippen molar-refractivity contribution >= 4 is 17.4 Å². The van der Waals surface area contributed by atoms with Crippen molar-refractivity contribution in [1.82, 2.24) is 4.98 Å². The van der Waals surface area contributed by atoms with Gasteiger partial charge in [-0.05, 0) is 24.3 Å². The summed E-state index contributed by atoms with van der Waals surface area (Å²) in [6, 6.07) is 8.71. The molecule has 2 heterocycles. The van der Waals surface area contributed by atoms with Crippen LogP contribution in [0.3, 0.4) is 0 Å². The predicted octanol–water partition coefficient (Wildman–Crippen LogP) is 1.51. The van der Waals surface area contributed by atoms with Crippen molar-refractivity contribution in [1.29, 1.82) is 0 Å². The molecule has 0 radical (unpaired) electrons. The van der Waals surface area contributed by atoms with Gasteiger partial charge in [-0.25, -0.2) is 4.98 Å². The maximum atomic E-state index is 12.9. The number of benzene rings is 1. The standard InChI is InChI=1S/C19H24N4O4/c1-25-13-5-6-16(17(10-13)26-2)22-19(24)15-4-3-7-21-18(15)23-8-9-27-14(11-20)12-23/h3-7,10,14H,8-9,11-12,20H2,1-2H3,(H,22,24). The van der Waals surface area contributed by atoms with Crippen LogP contribution in [0.5, 0.6) is 11.5 Å². The van der Waals surface area contributed by atoms with E-state index in [0.29, 0.717) is 54.8 Å². The number of ether oxygens (including phenoxy) is 3. The number of pyridine rings is 1. The highest BCUT2D eigenvalue weighted by Crippen LogP contribution is 2.30. The van der Waals surface area contributed by atoms with Gasteiger partial charge in [-0.15, -0.1) is 0 Å². The average Bonchev–Trinajstić information content (AvgIpc) is 2.74. The zero-order valence-corrected chi connectivity index (χ0v) is 15.5. The van der Waals surface area contributed by atoms with Gasteiger partial charge in [-0.2, -0.15) is 0 Å². The molecular formula is C19H24N4O4. The predicted molar refractivity (Wildman–Crippen MR) is 103 cm³/mol. The van der Waals surface area contributed by atoms with Crippen molar-refractivity contribution < 1.29 is 19.0 Å². The summed E-state index contributed by atoms with van der Waals surface area (Å²) < 4.78 is 16.1.